The maximum Gasteiger partial charge on any atom is 0.490 e. The minimum absolute atomic E-state index is 0.195. The Kier molecular flexibility index (Phi) is 7.25. The lowest BCUT2D eigenvalue weighted by Crippen LogP contribution is -2.31. The number of hydrogen-bond acceptors (Lipinski definition) is 6. The predicted octanol–water partition coefficient (Wildman–Crippen LogP) is 2.29. The highest BCUT2D eigenvalue weighted by Gasteiger charge is 2.44. The van der Waals surface area contributed by atoms with Crippen LogP contribution in [0.4, 0.5) is 13.2 Å². The highest BCUT2D eigenvalue weighted by atomic mass is 19.4. The highest BCUT2D eigenvalue weighted by Crippen LogP contribution is 2.36. The number of alkyl halides is 3. The Balaban J connectivity index is 0.000000339. The first-order valence-electron chi connectivity index (χ1n) is 10.4. The predicted molar refractivity (Wildman–Crippen MR) is 102 cm³/mol. The van der Waals surface area contributed by atoms with Gasteiger partial charge in [0, 0.05) is 44.1 Å². The average molecular weight is 447 g/mol. The summed E-state index contributed by atoms with van der Waals surface area (Å²) in [7, 11) is 0. The molecule has 0 spiro atoms. The number of nitrogens with zero attached hydrogens (tertiary/aromatic N) is 2. The summed E-state index contributed by atoms with van der Waals surface area (Å²) >= 11 is 0. The molecule has 1 aliphatic carbocycles. The van der Waals surface area contributed by atoms with Gasteiger partial charge in [-0.3, -0.25) is 9.69 Å². The van der Waals surface area contributed by atoms with Crippen LogP contribution in [0.25, 0.3) is 0 Å². The van der Waals surface area contributed by atoms with Crippen LogP contribution in [0, 0.1) is 31.6 Å². The molecule has 1 aromatic rings. The summed E-state index contributed by atoms with van der Waals surface area (Å²) in [6.45, 7) is 8.34. The quantitative estimate of drug-likeness (QED) is 0.689. The largest absolute Gasteiger partial charge is 0.490 e. The second-order valence-electron chi connectivity index (χ2n) is 8.55. The van der Waals surface area contributed by atoms with Crippen molar-refractivity contribution >= 4 is 11.9 Å². The lowest BCUT2D eigenvalue weighted by molar-refractivity contribution is -0.192. The van der Waals surface area contributed by atoms with E-state index in [4.69, 9.17) is 19.2 Å². The Bertz CT molecular complexity index is 774. The topological polar surface area (TPSA) is 105 Å². The first-order chi connectivity index (χ1) is 14.5. The average Bonchev–Trinajstić information content (AvgIpc) is 3.22. The number of likely N-dealkylation sites (tertiary alicyclic amines) is 1. The molecular weight excluding hydrogens is 419 g/mol. The van der Waals surface area contributed by atoms with Crippen molar-refractivity contribution < 1.29 is 37.1 Å². The zero-order valence-electron chi connectivity index (χ0n) is 17.6. The molecule has 3 aliphatic rings. The number of aliphatic carboxylic acids is 1. The van der Waals surface area contributed by atoms with E-state index >= 15 is 0 Å². The van der Waals surface area contributed by atoms with E-state index in [9.17, 15) is 18.0 Å². The zero-order valence-corrected chi connectivity index (χ0v) is 17.6. The molecule has 3 fully saturated rings. The molecule has 3 heterocycles. The number of ether oxygens (including phenoxy) is 1. The number of aromatic nitrogens is 1. The summed E-state index contributed by atoms with van der Waals surface area (Å²) in [4.78, 5) is 23.5. The third-order valence-corrected chi connectivity index (χ3v) is 6.05. The fourth-order valence-corrected chi connectivity index (χ4v) is 4.06. The Morgan fingerprint density at radius 2 is 1.94 bits per heavy atom. The van der Waals surface area contributed by atoms with Gasteiger partial charge < -0.3 is 19.7 Å². The van der Waals surface area contributed by atoms with Crippen LogP contribution < -0.4 is 5.32 Å². The number of rotatable bonds is 6. The number of carboxylic acid groups (broad SMARTS) is 1. The standard InChI is InChI=1S/C18H27N3O3.C2HF3O2/c1-11-15(12(2)24-20-11)7-21-8-16-14(10-23-17(16)9-21)5-18(22)19-6-13-3-4-13;3-2(4,5)1(6)7/h13-14,16-17H,3-10H2,1-2H3,(H,19,22);(H,6,7)/t14-,16+,17+;/m0./s1. The van der Waals surface area contributed by atoms with Crippen molar-refractivity contribution in [3.05, 3.63) is 17.0 Å². The molecule has 2 saturated heterocycles. The van der Waals surface area contributed by atoms with Crippen LogP contribution in [0.15, 0.2) is 4.52 Å². The molecule has 2 N–H and O–H groups in total. The van der Waals surface area contributed by atoms with E-state index in [2.05, 4.69) is 15.4 Å². The first-order valence-corrected chi connectivity index (χ1v) is 10.4. The summed E-state index contributed by atoms with van der Waals surface area (Å²) < 4.78 is 43.0. The molecule has 1 aromatic heterocycles. The highest BCUT2D eigenvalue weighted by molar-refractivity contribution is 5.76. The van der Waals surface area contributed by atoms with Crippen molar-refractivity contribution in [3.8, 4) is 0 Å². The molecule has 0 bridgehead atoms. The maximum absolute atomic E-state index is 12.1. The van der Waals surface area contributed by atoms with Crippen LogP contribution in [0.3, 0.4) is 0 Å². The van der Waals surface area contributed by atoms with Gasteiger partial charge in [-0.25, -0.2) is 4.79 Å². The minimum atomic E-state index is -5.08. The van der Waals surface area contributed by atoms with E-state index in [1.807, 2.05) is 13.8 Å². The SMILES string of the molecule is Cc1noc(C)c1CN1C[C@@H]2[C@@H](CC(=O)NCC3CC3)CO[C@@H]2C1.O=C(O)C(F)(F)F. The van der Waals surface area contributed by atoms with Crippen LogP contribution in [0.5, 0.6) is 0 Å². The maximum atomic E-state index is 12.1. The van der Waals surface area contributed by atoms with Crippen LogP contribution in [-0.4, -0.2) is 65.6 Å². The van der Waals surface area contributed by atoms with Crippen molar-refractivity contribution in [1.29, 1.82) is 0 Å². The van der Waals surface area contributed by atoms with Gasteiger partial charge >= 0.3 is 12.1 Å². The Labute approximate surface area is 178 Å². The molecule has 4 rings (SSSR count). The molecule has 0 unspecified atom stereocenters. The number of aryl methyl sites for hydroxylation is 2. The van der Waals surface area contributed by atoms with E-state index in [1.165, 1.54) is 18.4 Å². The summed E-state index contributed by atoms with van der Waals surface area (Å²) in [5, 5.41) is 14.2. The summed E-state index contributed by atoms with van der Waals surface area (Å²) in [6, 6.07) is 0. The Morgan fingerprint density at radius 3 is 2.48 bits per heavy atom. The van der Waals surface area contributed by atoms with E-state index in [0.717, 1.165) is 50.2 Å². The normalized spacial score (nSPS) is 25.6. The lowest BCUT2D eigenvalue weighted by Gasteiger charge is -2.19. The van der Waals surface area contributed by atoms with Gasteiger partial charge in [-0.2, -0.15) is 13.2 Å². The van der Waals surface area contributed by atoms with E-state index in [0.29, 0.717) is 18.3 Å². The van der Waals surface area contributed by atoms with E-state index < -0.39 is 12.1 Å². The molecule has 3 atom stereocenters. The van der Waals surface area contributed by atoms with Gasteiger partial charge in [-0.05, 0) is 38.5 Å². The molecule has 0 radical (unpaired) electrons. The van der Waals surface area contributed by atoms with Crippen molar-refractivity contribution in [2.24, 2.45) is 17.8 Å². The lowest BCUT2D eigenvalue weighted by atomic mass is 9.90. The van der Waals surface area contributed by atoms with Crippen molar-refractivity contribution in [2.45, 2.75) is 51.9 Å². The van der Waals surface area contributed by atoms with Crippen LogP contribution in [0.1, 0.15) is 36.3 Å². The van der Waals surface area contributed by atoms with Crippen molar-refractivity contribution in [3.63, 3.8) is 0 Å². The van der Waals surface area contributed by atoms with Crippen LogP contribution >= 0.6 is 0 Å². The second-order valence-corrected chi connectivity index (χ2v) is 8.55. The smallest absolute Gasteiger partial charge is 0.475 e. The number of halogens is 3. The fraction of sp³-hybridized carbons (Fsp3) is 0.750. The number of carbonyl (C=O) groups is 2. The van der Waals surface area contributed by atoms with Gasteiger partial charge in [0.2, 0.25) is 5.91 Å². The molecule has 0 aromatic carbocycles. The van der Waals surface area contributed by atoms with Gasteiger partial charge in [-0.15, -0.1) is 0 Å². The Morgan fingerprint density at radius 1 is 1.26 bits per heavy atom. The fourth-order valence-electron chi connectivity index (χ4n) is 4.06. The summed E-state index contributed by atoms with van der Waals surface area (Å²) in [5.41, 5.74) is 2.16. The third-order valence-electron chi connectivity index (χ3n) is 6.05. The van der Waals surface area contributed by atoms with Gasteiger partial charge in [-0.1, -0.05) is 5.16 Å². The molecule has 8 nitrogen and oxygen atoms in total. The molecule has 2 aliphatic heterocycles. The van der Waals surface area contributed by atoms with Gasteiger partial charge in [0.1, 0.15) is 5.76 Å². The van der Waals surface area contributed by atoms with Gasteiger partial charge in [0.25, 0.3) is 0 Å². The number of hydrogen-bond donors (Lipinski definition) is 2. The molecular formula is C20H28F3N3O5. The Hall–Kier alpha value is -2.14. The molecule has 1 amide bonds. The number of carboxylic acids is 1. The first kappa shape index (κ1) is 23.5. The molecule has 1 saturated carbocycles. The second kappa shape index (κ2) is 9.56. The molecule has 31 heavy (non-hydrogen) atoms. The minimum Gasteiger partial charge on any atom is -0.475 e. The van der Waals surface area contributed by atoms with Crippen molar-refractivity contribution in [1.82, 2.24) is 15.4 Å². The number of nitrogens with one attached hydrogen (secondary N) is 1. The van der Waals surface area contributed by atoms with E-state index in [1.54, 1.807) is 0 Å². The van der Waals surface area contributed by atoms with Crippen molar-refractivity contribution in [2.75, 3.05) is 26.2 Å². The van der Waals surface area contributed by atoms with Crippen LogP contribution in [0.2, 0.25) is 0 Å². The molecule has 174 valence electrons. The number of fused-ring (bicyclic) bond motifs is 1. The van der Waals surface area contributed by atoms with Gasteiger partial charge in [0.05, 0.1) is 18.4 Å². The monoisotopic (exact) mass is 447 g/mol. The number of amides is 1. The molecule has 11 heteroatoms. The number of carbonyl (C=O) groups excluding carboxylic acids is 1. The van der Waals surface area contributed by atoms with Gasteiger partial charge in [0.15, 0.2) is 0 Å². The van der Waals surface area contributed by atoms with E-state index in [-0.39, 0.29) is 12.0 Å². The van der Waals surface area contributed by atoms with Crippen LogP contribution in [-0.2, 0) is 20.9 Å². The summed E-state index contributed by atoms with van der Waals surface area (Å²) in [6.07, 6.45) is -1.67. The third kappa shape index (κ3) is 6.42. The zero-order chi connectivity index (χ0) is 22.8. The summed E-state index contributed by atoms with van der Waals surface area (Å²) in [5.74, 6) is -0.103.